The molecule has 11 heteroatoms. The lowest BCUT2D eigenvalue weighted by Gasteiger charge is -2.37. The zero-order chi connectivity index (χ0) is 29.6. The van der Waals surface area contributed by atoms with E-state index in [1.54, 1.807) is 7.11 Å². The van der Waals surface area contributed by atoms with E-state index in [1.807, 2.05) is 30.9 Å². The summed E-state index contributed by atoms with van der Waals surface area (Å²) in [6, 6.07) is 3.27. The Kier molecular flexibility index (Phi) is 10.7. The molecule has 1 aromatic rings. The van der Waals surface area contributed by atoms with Crippen LogP contribution in [0.5, 0.6) is 17.2 Å². The van der Waals surface area contributed by atoms with E-state index in [9.17, 15) is 14.7 Å². The monoisotopic (exact) mass is 577 g/mol. The number of nitrogens with zero attached hydrogens (tertiary/aromatic N) is 2. The number of methoxy groups -OCH3 is 1. The molecule has 1 amide bonds. The van der Waals surface area contributed by atoms with Crippen molar-refractivity contribution in [1.82, 2.24) is 9.80 Å². The van der Waals surface area contributed by atoms with E-state index in [4.69, 9.17) is 29.4 Å². The van der Waals surface area contributed by atoms with Crippen LogP contribution in [0.15, 0.2) is 12.1 Å². The van der Waals surface area contributed by atoms with Gasteiger partial charge in [0, 0.05) is 37.0 Å². The van der Waals surface area contributed by atoms with Gasteiger partial charge in [-0.1, -0.05) is 27.2 Å². The van der Waals surface area contributed by atoms with Crippen molar-refractivity contribution in [1.29, 1.82) is 0 Å². The fourth-order valence-electron chi connectivity index (χ4n) is 6.32. The SMILES string of the molecule is CCCCN(CCCCN)C(=O)CN1CC(c2cc(OC)c3c(c2)OCO3)C(C(=O)O)C1CC(C)(C)C1OCCO1. The number of hydrogen-bond donors (Lipinski definition) is 2. The van der Waals surface area contributed by atoms with Crippen LogP contribution in [-0.4, -0.2) is 99.0 Å². The Morgan fingerprint density at radius 1 is 1.15 bits per heavy atom. The number of aliphatic carboxylic acids is 1. The summed E-state index contributed by atoms with van der Waals surface area (Å²) in [7, 11) is 1.55. The van der Waals surface area contributed by atoms with Crippen LogP contribution in [-0.2, 0) is 19.1 Å². The number of likely N-dealkylation sites (tertiary alicyclic amines) is 1. The topological polar surface area (TPSA) is 133 Å². The standard InChI is InChI=1S/C30H47N3O8/c1-5-6-10-32(11-8-7-9-31)25(34)18-33-17-21(20-14-23(37-4)27-24(15-20)40-19-41-27)26(28(35)36)22(33)16-30(2,3)29-38-12-13-39-29/h14-15,21-22,26,29H,5-13,16-19,31H2,1-4H3,(H,35,36). The third kappa shape index (κ3) is 7.25. The first-order valence-corrected chi connectivity index (χ1v) is 14.9. The Balaban J connectivity index is 1.65. The average molecular weight is 578 g/mol. The molecule has 3 heterocycles. The molecule has 0 aromatic heterocycles. The van der Waals surface area contributed by atoms with Gasteiger partial charge in [0.1, 0.15) is 0 Å². The second-order valence-corrected chi connectivity index (χ2v) is 11.9. The molecule has 2 fully saturated rings. The van der Waals surface area contributed by atoms with Gasteiger partial charge in [-0.3, -0.25) is 14.5 Å². The van der Waals surface area contributed by atoms with Gasteiger partial charge in [-0.25, -0.2) is 0 Å². The van der Waals surface area contributed by atoms with Crippen LogP contribution < -0.4 is 19.9 Å². The van der Waals surface area contributed by atoms with Gasteiger partial charge in [0.15, 0.2) is 17.8 Å². The van der Waals surface area contributed by atoms with Crippen molar-refractivity contribution in [3.8, 4) is 17.2 Å². The molecule has 41 heavy (non-hydrogen) atoms. The van der Waals surface area contributed by atoms with Crippen molar-refractivity contribution >= 4 is 11.9 Å². The molecule has 3 aliphatic heterocycles. The maximum Gasteiger partial charge on any atom is 0.308 e. The third-order valence-corrected chi connectivity index (χ3v) is 8.49. The number of hydrogen-bond acceptors (Lipinski definition) is 9. The normalized spacial score (nSPS) is 22.8. The summed E-state index contributed by atoms with van der Waals surface area (Å²) < 4.78 is 28.5. The van der Waals surface area contributed by atoms with Gasteiger partial charge in [0.25, 0.3) is 0 Å². The molecule has 11 nitrogen and oxygen atoms in total. The maximum atomic E-state index is 13.7. The number of rotatable bonds is 15. The minimum absolute atomic E-state index is 0.0136. The van der Waals surface area contributed by atoms with E-state index < -0.39 is 35.6 Å². The number of carbonyl (C=O) groups excluding carboxylic acids is 1. The van der Waals surface area contributed by atoms with Crippen LogP contribution in [0, 0.1) is 11.3 Å². The summed E-state index contributed by atoms with van der Waals surface area (Å²) in [6.07, 6.45) is 3.65. The smallest absolute Gasteiger partial charge is 0.308 e. The van der Waals surface area contributed by atoms with Gasteiger partial charge < -0.3 is 39.4 Å². The molecular formula is C30H47N3O8. The first-order chi connectivity index (χ1) is 19.7. The molecule has 2 saturated heterocycles. The highest BCUT2D eigenvalue weighted by Gasteiger charge is 2.51. The van der Waals surface area contributed by atoms with E-state index in [2.05, 4.69) is 11.8 Å². The second-order valence-electron chi connectivity index (χ2n) is 11.9. The number of carboxylic acids is 1. The number of benzene rings is 1. The van der Waals surface area contributed by atoms with Gasteiger partial charge in [-0.15, -0.1) is 0 Å². The van der Waals surface area contributed by atoms with Crippen molar-refractivity contribution in [3.05, 3.63) is 17.7 Å². The number of ether oxygens (including phenoxy) is 5. The Hall–Kier alpha value is -2.60. The van der Waals surface area contributed by atoms with Gasteiger partial charge in [0.05, 0.1) is 32.8 Å². The van der Waals surface area contributed by atoms with E-state index in [-0.39, 0.29) is 19.2 Å². The summed E-state index contributed by atoms with van der Waals surface area (Å²) in [5.41, 5.74) is 6.02. The highest BCUT2D eigenvalue weighted by molar-refractivity contribution is 5.79. The number of nitrogens with two attached hydrogens (primary N) is 1. The minimum Gasteiger partial charge on any atom is -0.493 e. The van der Waals surface area contributed by atoms with Crippen LogP contribution >= 0.6 is 0 Å². The first-order valence-electron chi connectivity index (χ1n) is 14.9. The third-order valence-electron chi connectivity index (χ3n) is 8.49. The molecule has 1 aromatic carbocycles. The predicted octanol–water partition coefficient (Wildman–Crippen LogP) is 3.05. The molecule has 3 unspecified atom stereocenters. The molecule has 3 atom stereocenters. The lowest BCUT2D eigenvalue weighted by molar-refractivity contribution is -0.148. The average Bonchev–Trinajstić information content (AvgIpc) is 3.71. The van der Waals surface area contributed by atoms with Crippen LogP contribution in [0.3, 0.4) is 0 Å². The first kappa shape index (κ1) is 31.3. The Morgan fingerprint density at radius 2 is 1.88 bits per heavy atom. The molecular weight excluding hydrogens is 530 g/mol. The number of carbonyl (C=O) groups is 2. The summed E-state index contributed by atoms with van der Waals surface area (Å²) in [6.45, 7) is 9.76. The largest absolute Gasteiger partial charge is 0.493 e. The number of unbranched alkanes of at least 4 members (excludes halogenated alkanes) is 2. The summed E-state index contributed by atoms with van der Waals surface area (Å²) in [5, 5.41) is 10.6. The van der Waals surface area contributed by atoms with E-state index in [0.717, 1.165) is 31.2 Å². The summed E-state index contributed by atoms with van der Waals surface area (Å²) in [5.74, 6) is -0.491. The van der Waals surface area contributed by atoms with Crippen LogP contribution in [0.2, 0.25) is 0 Å². The maximum absolute atomic E-state index is 13.7. The van der Waals surface area contributed by atoms with Gasteiger partial charge in [-0.2, -0.15) is 0 Å². The molecule has 0 aliphatic carbocycles. The van der Waals surface area contributed by atoms with Crippen molar-refractivity contribution < 1.29 is 38.4 Å². The number of amides is 1. The fraction of sp³-hybridized carbons (Fsp3) is 0.733. The minimum atomic E-state index is -0.901. The van der Waals surface area contributed by atoms with Crippen LogP contribution in [0.4, 0.5) is 0 Å². The zero-order valence-electron chi connectivity index (χ0n) is 24.9. The van der Waals surface area contributed by atoms with Gasteiger partial charge in [0.2, 0.25) is 18.4 Å². The molecule has 0 bridgehead atoms. The fourth-order valence-corrected chi connectivity index (χ4v) is 6.32. The zero-order valence-corrected chi connectivity index (χ0v) is 24.9. The lowest BCUT2D eigenvalue weighted by Crippen LogP contribution is -2.47. The van der Waals surface area contributed by atoms with Crippen LogP contribution in [0.1, 0.15) is 64.4 Å². The molecule has 3 aliphatic rings. The van der Waals surface area contributed by atoms with E-state index in [0.29, 0.717) is 63.1 Å². The Morgan fingerprint density at radius 3 is 2.54 bits per heavy atom. The molecule has 0 saturated carbocycles. The summed E-state index contributed by atoms with van der Waals surface area (Å²) >= 11 is 0. The predicted molar refractivity (Wildman–Crippen MR) is 152 cm³/mol. The van der Waals surface area contributed by atoms with E-state index in [1.165, 1.54) is 0 Å². The Bertz CT molecular complexity index is 1040. The molecule has 4 rings (SSSR count). The molecule has 230 valence electrons. The van der Waals surface area contributed by atoms with Gasteiger partial charge in [-0.05, 0) is 49.9 Å². The molecule has 3 N–H and O–H groups in total. The highest BCUT2D eigenvalue weighted by atomic mass is 16.7. The van der Waals surface area contributed by atoms with Crippen molar-refractivity contribution in [2.75, 3.05) is 59.8 Å². The van der Waals surface area contributed by atoms with E-state index >= 15 is 0 Å². The van der Waals surface area contributed by atoms with Crippen LogP contribution in [0.25, 0.3) is 0 Å². The quantitative estimate of drug-likeness (QED) is 0.300. The molecule has 0 radical (unpaired) electrons. The molecule has 0 spiro atoms. The van der Waals surface area contributed by atoms with Crippen molar-refractivity contribution in [2.45, 2.75) is 71.1 Å². The highest BCUT2D eigenvalue weighted by Crippen LogP contribution is 2.48. The Labute approximate surface area is 243 Å². The van der Waals surface area contributed by atoms with Crippen molar-refractivity contribution in [3.63, 3.8) is 0 Å². The number of carboxylic acid groups (broad SMARTS) is 1. The number of fused-ring (bicyclic) bond motifs is 1. The summed E-state index contributed by atoms with van der Waals surface area (Å²) in [4.78, 5) is 30.7. The second kappa shape index (κ2) is 14.0. The lowest BCUT2D eigenvalue weighted by atomic mass is 9.77. The van der Waals surface area contributed by atoms with Gasteiger partial charge >= 0.3 is 5.97 Å². The van der Waals surface area contributed by atoms with Crippen molar-refractivity contribution in [2.24, 2.45) is 17.1 Å².